The molecule has 3 aromatic rings. The molecule has 1 aliphatic heterocycles. The minimum absolute atomic E-state index is 0.0458. The molecule has 7 heteroatoms. The fourth-order valence-corrected chi connectivity index (χ4v) is 4.18. The molecule has 1 atom stereocenters. The monoisotopic (exact) mass is 446 g/mol. The summed E-state index contributed by atoms with van der Waals surface area (Å²) in [7, 11) is 0. The summed E-state index contributed by atoms with van der Waals surface area (Å²) in [4.78, 5) is 33.1. The summed E-state index contributed by atoms with van der Waals surface area (Å²) < 4.78 is 13.1. The third kappa shape index (κ3) is 5.62. The zero-order chi connectivity index (χ0) is 23.4. The van der Waals surface area contributed by atoms with Crippen LogP contribution >= 0.6 is 0 Å². The Bertz CT molecular complexity index is 1190. The van der Waals surface area contributed by atoms with Crippen LogP contribution in [0.5, 0.6) is 0 Å². The van der Waals surface area contributed by atoms with Crippen LogP contribution in [-0.4, -0.2) is 52.3 Å². The molecule has 4 rings (SSSR count). The largest absolute Gasteiger partial charge is 0.334 e. The Morgan fingerprint density at radius 2 is 1.97 bits per heavy atom. The first kappa shape index (κ1) is 22.6. The Balaban J connectivity index is 1.44. The summed E-state index contributed by atoms with van der Waals surface area (Å²) in [5.41, 5.74) is 3.22. The second-order valence-corrected chi connectivity index (χ2v) is 8.39. The summed E-state index contributed by atoms with van der Waals surface area (Å²) in [6.07, 6.45) is 5.01. The molecule has 1 unspecified atom stereocenters. The summed E-state index contributed by atoms with van der Waals surface area (Å²) in [5.74, 6) is -0.484. The average Bonchev–Trinajstić information content (AvgIpc) is 2.78. The first-order chi connectivity index (χ1) is 15.9. The van der Waals surface area contributed by atoms with Crippen LogP contribution in [0.3, 0.4) is 0 Å². The van der Waals surface area contributed by atoms with E-state index in [9.17, 15) is 14.0 Å². The zero-order valence-corrected chi connectivity index (χ0v) is 18.8. The molecule has 2 amide bonds. The number of nitrogens with zero attached hydrogens (tertiary/aromatic N) is 3. The maximum Gasteiger partial charge on any atom is 0.246 e. The van der Waals surface area contributed by atoms with E-state index in [1.54, 1.807) is 30.5 Å². The third-order valence-corrected chi connectivity index (χ3v) is 5.80. The number of hydrogen-bond donors (Lipinski definition) is 1. The van der Waals surface area contributed by atoms with E-state index in [1.165, 1.54) is 19.1 Å². The first-order valence-corrected chi connectivity index (χ1v) is 11.0. The number of aromatic nitrogens is 1. The molecular formula is C26H27FN4O2. The van der Waals surface area contributed by atoms with Crippen molar-refractivity contribution in [2.24, 2.45) is 0 Å². The highest BCUT2D eigenvalue weighted by Crippen LogP contribution is 2.24. The van der Waals surface area contributed by atoms with E-state index in [-0.39, 0.29) is 23.7 Å². The van der Waals surface area contributed by atoms with E-state index >= 15 is 0 Å². The van der Waals surface area contributed by atoms with Crippen molar-refractivity contribution in [2.75, 3.05) is 25.0 Å². The van der Waals surface area contributed by atoms with Crippen LogP contribution in [0.1, 0.15) is 25.0 Å². The number of hydrogen-bond acceptors (Lipinski definition) is 4. The molecule has 0 saturated carbocycles. The van der Waals surface area contributed by atoms with Crippen molar-refractivity contribution in [1.29, 1.82) is 0 Å². The minimum Gasteiger partial charge on any atom is -0.334 e. The molecule has 1 saturated heterocycles. The van der Waals surface area contributed by atoms with E-state index < -0.39 is 0 Å². The van der Waals surface area contributed by atoms with Gasteiger partial charge in [-0.25, -0.2) is 4.39 Å². The van der Waals surface area contributed by atoms with Crippen LogP contribution in [0.4, 0.5) is 10.1 Å². The van der Waals surface area contributed by atoms with Gasteiger partial charge in [-0.1, -0.05) is 18.2 Å². The van der Waals surface area contributed by atoms with E-state index in [2.05, 4.69) is 15.2 Å². The molecule has 1 aromatic heterocycles. The highest BCUT2D eigenvalue weighted by atomic mass is 19.1. The maximum atomic E-state index is 13.1. The number of piperazine rings is 1. The minimum atomic E-state index is -0.238. The molecule has 0 radical (unpaired) electrons. The van der Waals surface area contributed by atoms with Crippen LogP contribution in [0, 0.1) is 5.82 Å². The molecule has 2 aromatic carbocycles. The van der Waals surface area contributed by atoms with Gasteiger partial charge in [-0.2, -0.15) is 0 Å². The number of rotatable bonds is 5. The number of nitrogens with one attached hydrogen (secondary N) is 1. The second kappa shape index (κ2) is 9.92. The van der Waals surface area contributed by atoms with Crippen molar-refractivity contribution in [1.82, 2.24) is 14.8 Å². The van der Waals surface area contributed by atoms with Crippen LogP contribution in [-0.2, 0) is 16.1 Å². The first-order valence-electron chi connectivity index (χ1n) is 11.0. The van der Waals surface area contributed by atoms with Gasteiger partial charge in [-0.05, 0) is 48.9 Å². The summed E-state index contributed by atoms with van der Waals surface area (Å²) >= 11 is 0. The van der Waals surface area contributed by atoms with Gasteiger partial charge in [-0.15, -0.1) is 0 Å². The lowest BCUT2D eigenvalue weighted by atomic mass is 10.1. The Labute approximate surface area is 192 Å². The molecule has 1 aliphatic rings. The Hall–Kier alpha value is -3.58. The van der Waals surface area contributed by atoms with Crippen molar-refractivity contribution >= 4 is 34.5 Å². The smallest absolute Gasteiger partial charge is 0.246 e. The SMILES string of the molecule is CC(=O)Nc1cc2cccnc2cc1C=CC(=O)N1CCN(Cc2ccc(F)cc2)CC1C. The van der Waals surface area contributed by atoms with Crippen molar-refractivity contribution < 1.29 is 14.0 Å². The maximum absolute atomic E-state index is 13.1. The quantitative estimate of drug-likeness (QED) is 0.600. The van der Waals surface area contributed by atoms with Gasteiger partial charge in [0.15, 0.2) is 0 Å². The van der Waals surface area contributed by atoms with Crippen LogP contribution in [0.2, 0.25) is 0 Å². The lowest BCUT2D eigenvalue weighted by molar-refractivity contribution is -0.130. The molecule has 2 heterocycles. The van der Waals surface area contributed by atoms with E-state index in [0.717, 1.165) is 41.7 Å². The van der Waals surface area contributed by atoms with Gasteiger partial charge in [0.05, 0.1) is 5.52 Å². The van der Waals surface area contributed by atoms with Gasteiger partial charge in [0.2, 0.25) is 11.8 Å². The average molecular weight is 447 g/mol. The van der Waals surface area contributed by atoms with Gasteiger partial charge in [0, 0.05) is 68.1 Å². The molecule has 6 nitrogen and oxygen atoms in total. The number of carbonyl (C=O) groups is 2. The number of amides is 2. The molecule has 0 spiro atoms. The van der Waals surface area contributed by atoms with Crippen LogP contribution < -0.4 is 5.32 Å². The molecule has 170 valence electrons. The van der Waals surface area contributed by atoms with Crippen molar-refractivity contribution in [3.63, 3.8) is 0 Å². The summed E-state index contributed by atoms with van der Waals surface area (Å²) in [5, 5.41) is 3.75. The molecule has 33 heavy (non-hydrogen) atoms. The predicted molar refractivity (Wildman–Crippen MR) is 128 cm³/mol. The van der Waals surface area contributed by atoms with Crippen molar-refractivity contribution in [3.05, 3.63) is 77.7 Å². The molecule has 0 bridgehead atoms. The lowest BCUT2D eigenvalue weighted by Crippen LogP contribution is -2.53. The fourth-order valence-electron chi connectivity index (χ4n) is 4.18. The van der Waals surface area contributed by atoms with E-state index in [0.29, 0.717) is 12.2 Å². The van der Waals surface area contributed by atoms with Gasteiger partial charge >= 0.3 is 0 Å². The molecule has 1 fully saturated rings. The number of halogens is 1. The third-order valence-electron chi connectivity index (χ3n) is 5.80. The molecular weight excluding hydrogens is 419 g/mol. The fraction of sp³-hybridized carbons (Fsp3) is 0.269. The van der Waals surface area contributed by atoms with Gasteiger partial charge in [0.1, 0.15) is 5.82 Å². The van der Waals surface area contributed by atoms with Crippen LogP contribution in [0.25, 0.3) is 17.0 Å². The van der Waals surface area contributed by atoms with Gasteiger partial charge in [-0.3, -0.25) is 19.5 Å². The topological polar surface area (TPSA) is 65.5 Å². The van der Waals surface area contributed by atoms with E-state index in [1.807, 2.05) is 36.1 Å². The highest BCUT2D eigenvalue weighted by Gasteiger charge is 2.26. The number of benzene rings is 2. The Morgan fingerprint density at radius 1 is 1.18 bits per heavy atom. The predicted octanol–water partition coefficient (Wildman–Crippen LogP) is 4.08. The second-order valence-electron chi connectivity index (χ2n) is 8.39. The van der Waals surface area contributed by atoms with Crippen molar-refractivity contribution in [3.8, 4) is 0 Å². The molecule has 1 N–H and O–H groups in total. The number of anilines is 1. The lowest BCUT2D eigenvalue weighted by Gasteiger charge is -2.39. The normalized spacial score (nSPS) is 16.9. The zero-order valence-electron chi connectivity index (χ0n) is 18.8. The van der Waals surface area contributed by atoms with Crippen LogP contribution in [0.15, 0.2) is 60.8 Å². The van der Waals surface area contributed by atoms with Gasteiger partial charge in [0.25, 0.3) is 0 Å². The standard InChI is InChI=1S/C26H27FN4O2/c1-18-16-30(17-20-5-8-23(27)9-6-20)12-13-31(18)26(33)10-7-22-14-24-21(4-3-11-28-24)15-25(22)29-19(2)32/h3-11,14-15,18H,12-13,16-17H2,1-2H3,(H,29,32). The summed E-state index contributed by atoms with van der Waals surface area (Å²) in [6.45, 7) is 6.33. The highest BCUT2D eigenvalue weighted by molar-refractivity contribution is 5.98. The van der Waals surface area contributed by atoms with E-state index in [4.69, 9.17) is 0 Å². The Morgan fingerprint density at radius 3 is 2.70 bits per heavy atom. The number of carbonyl (C=O) groups excluding carboxylic acids is 2. The molecule has 0 aliphatic carbocycles. The van der Waals surface area contributed by atoms with Gasteiger partial charge < -0.3 is 10.2 Å². The Kier molecular flexibility index (Phi) is 6.79. The summed E-state index contributed by atoms with van der Waals surface area (Å²) in [6, 6.07) is 14.1. The number of pyridine rings is 1. The number of fused-ring (bicyclic) bond motifs is 1. The van der Waals surface area contributed by atoms with Crippen molar-refractivity contribution in [2.45, 2.75) is 26.4 Å².